The number of aromatic nitrogens is 3. The Bertz CT molecular complexity index is 507. The summed E-state index contributed by atoms with van der Waals surface area (Å²) in [5.41, 5.74) is 7.20. The van der Waals surface area contributed by atoms with Gasteiger partial charge < -0.3 is 11.1 Å². The van der Waals surface area contributed by atoms with E-state index < -0.39 is 0 Å². The van der Waals surface area contributed by atoms with Crippen LogP contribution in [0.2, 0.25) is 0 Å². The number of nitrogens with zero attached hydrogens (tertiary/aromatic N) is 3. The molecular weight excluding hydrogens is 250 g/mol. The Morgan fingerprint density at radius 3 is 3.11 bits per heavy atom. The maximum Gasteiger partial charge on any atom is 0.242 e. The fourth-order valence-electron chi connectivity index (χ4n) is 1.55. The first-order chi connectivity index (χ1) is 8.69. The first-order valence-corrected chi connectivity index (χ1v) is 6.54. The maximum absolute atomic E-state index is 11.8. The molecule has 2 aromatic heterocycles. The third-order valence-corrected chi connectivity index (χ3v) is 3.22. The summed E-state index contributed by atoms with van der Waals surface area (Å²) >= 11 is 1.61. The molecule has 2 aromatic rings. The van der Waals surface area contributed by atoms with E-state index in [1.54, 1.807) is 17.5 Å². The molecule has 1 unspecified atom stereocenters. The van der Waals surface area contributed by atoms with E-state index in [4.69, 9.17) is 5.73 Å². The van der Waals surface area contributed by atoms with Crippen LogP contribution in [-0.4, -0.2) is 20.9 Å². The largest absolute Gasteiger partial charge is 0.348 e. The lowest BCUT2D eigenvalue weighted by atomic mass is 10.2. The number of rotatable bonds is 5. The summed E-state index contributed by atoms with van der Waals surface area (Å²) in [7, 11) is 0. The van der Waals surface area contributed by atoms with Crippen LogP contribution in [-0.2, 0) is 17.9 Å². The lowest BCUT2D eigenvalue weighted by Crippen LogP contribution is -2.30. The smallest absolute Gasteiger partial charge is 0.242 e. The molecule has 0 fully saturated rings. The van der Waals surface area contributed by atoms with Crippen molar-refractivity contribution in [2.75, 3.05) is 0 Å². The van der Waals surface area contributed by atoms with Gasteiger partial charge >= 0.3 is 0 Å². The molecule has 0 aliphatic rings. The van der Waals surface area contributed by atoms with Crippen LogP contribution in [0.4, 0.5) is 0 Å². The van der Waals surface area contributed by atoms with Crippen molar-refractivity contribution >= 4 is 17.2 Å². The van der Waals surface area contributed by atoms with Gasteiger partial charge in [-0.3, -0.25) is 4.79 Å². The highest BCUT2D eigenvalue weighted by Crippen LogP contribution is 2.15. The van der Waals surface area contributed by atoms with Gasteiger partial charge in [0.1, 0.15) is 6.54 Å². The highest BCUT2D eigenvalue weighted by atomic mass is 32.1. The lowest BCUT2D eigenvalue weighted by Gasteiger charge is -2.12. The zero-order chi connectivity index (χ0) is 13.0. The van der Waals surface area contributed by atoms with Crippen LogP contribution in [0.3, 0.4) is 0 Å². The first kappa shape index (κ1) is 12.7. The molecule has 1 amide bonds. The monoisotopic (exact) mass is 265 g/mol. The zero-order valence-electron chi connectivity index (χ0n) is 10.0. The predicted octanol–water partition coefficient (Wildman–Crippen LogP) is 0.676. The molecule has 0 bridgehead atoms. The molecule has 3 N–H and O–H groups in total. The topological polar surface area (TPSA) is 85.8 Å². The summed E-state index contributed by atoms with van der Waals surface area (Å²) in [4.78, 5) is 11.8. The minimum Gasteiger partial charge on any atom is -0.348 e. The molecule has 2 rings (SSSR count). The van der Waals surface area contributed by atoms with Crippen LogP contribution in [0.1, 0.15) is 24.2 Å². The van der Waals surface area contributed by atoms with Gasteiger partial charge in [-0.05, 0) is 29.3 Å². The molecule has 0 saturated carbocycles. The Kier molecular flexibility index (Phi) is 4.06. The summed E-state index contributed by atoms with van der Waals surface area (Å²) in [6, 6.07) is 2.00. The van der Waals surface area contributed by atoms with Crippen LogP contribution in [0.15, 0.2) is 23.0 Å². The average molecular weight is 265 g/mol. The van der Waals surface area contributed by atoms with E-state index in [1.165, 1.54) is 4.68 Å². The summed E-state index contributed by atoms with van der Waals surface area (Å²) < 4.78 is 1.48. The van der Waals surface area contributed by atoms with Crippen LogP contribution < -0.4 is 11.1 Å². The number of carbonyl (C=O) groups excluding carboxylic acids is 1. The van der Waals surface area contributed by atoms with Gasteiger partial charge in [0.15, 0.2) is 0 Å². The zero-order valence-corrected chi connectivity index (χ0v) is 10.9. The molecule has 0 radical (unpaired) electrons. The van der Waals surface area contributed by atoms with E-state index in [0.29, 0.717) is 12.2 Å². The number of carbonyl (C=O) groups is 1. The number of nitrogens with two attached hydrogens (primary N) is 1. The Labute approximate surface area is 109 Å². The third-order valence-electron chi connectivity index (χ3n) is 2.52. The standard InChI is InChI=1S/C11H15N5OS/c1-8(9-2-3-18-7-9)13-11(17)6-16-5-10(4-12)14-15-16/h2-3,5,7-8H,4,6,12H2,1H3,(H,13,17). The molecule has 0 aromatic carbocycles. The van der Waals surface area contributed by atoms with Crippen molar-refractivity contribution in [1.29, 1.82) is 0 Å². The highest BCUT2D eigenvalue weighted by Gasteiger charge is 2.11. The van der Waals surface area contributed by atoms with Crippen molar-refractivity contribution in [2.45, 2.75) is 26.1 Å². The van der Waals surface area contributed by atoms with Gasteiger partial charge in [-0.2, -0.15) is 11.3 Å². The first-order valence-electron chi connectivity index (χ1n) is 5.59. The molecule has 0 spiro atoms. The summed E-state index contributed by atoms with van der Waals surface area (Å²) in [6.07, 6.45) is 1.68. The highest BCUT2D eigenvalue weighted by molar-refractivity contribution is 7.07. The molecule has 2 heterocycles. The summed E-state index contributed by atoms with van der Waals surface area (Å²) in [5.74, 6) is -0.0952. The summed E-state index contributed by atoms with van der Waals surface area (Å²) in [5, 5.41) is 14.6. The second kappa shape index (κ2) is 5.74. The molecule has 1 atom stereocenters. The number of hydrogen-bond acceptors (Lipinski definition) is 5. The van der Waals surface area contributed by atoms with E-state index in [2.05, 4.69) is 15.6 Å². The van der Waals surface area contributed by atoms with Gasteiger partial charge in [0, 0.05) is 6.54 Å². The van der Waals surface area contributed by atoms with Crippen molar-refractivity contribution in [1.82, 2.24) is 20.3 Å². The normalized spacial score (nSPS) is 12.3. The number of amides is 1. The van der Waals surface area contributed by atoms with Crippen LogP contribution in [0.5, 0.6) is 0 Å². The Hall–Kier alpha value is -1.73. The van der Waals surface area contributed by atoms with Gasteiger partial charge in [-0.1, -0.05) is 5.21 Å². The van der Waals surface area contributed by atoms with E-state index in [9.17, 15) is 4.79 Å². The second-order valence-electron chi connectivity index (χ2n) is 3.96. The average Bonchev–Trinajstić information content (AvgIpc) is 2.98. The Morgan fingerprint density at radius 1 is 1.67 bits per heavy atom. The predicted molar refractivity (Wildman–Crippen MR) is 68.8 cm³/mol. The van der Waals surface area contributed by atoms with Crippen molar-refractivity contribution < 1.29 is 4.79 Å². The second-order valence-corrected chi connectivity index (χ2v) is 4.74. The SMILES string of the molecule is CC(NC(=O)Cn1cc(CN)nn1)c1ccsc1. The molecule has 96 valence electrons. The Balaban J connectivity index is 1.88. The van der Waals surface area contributed by atoms with Gasteiger partial charge in [0.2, 0.25) is 5.91 Å². The quantitative estimate of drug-likeness (QED) is 0.832. The van der Waals surface area contributed by atoms with E-state index in [0.717, 1.165) is 5.56 Å². The lowest BCUT2D eigenvalue weighted by molar-refractivity contribution is -0.122. The molecule has 0 saturated heterocycles. The molecule has 0 aliphatic carbocycles. The van der Waals surface area contributed by atoms with Crippen molar-refractivity contribution in [3.8, 4) is 0 Å². The number of hydrogen-bond donors (Lipinski definition) is 2. The number of nitrogens with one attached hydrogen (secondary N) is 1. The van der Waals surface area contributed by atoms with Gasteiger partial charge in [-0.25, -0.2) is 4.68 Å². The van der Waals surface area contributed by atoms with Gasteiger partial charge in [0.05, 0.1) is 17.9 Å². The van der Waals surface area contributed by atoms with Crippen LogP contribution >= 0.6 is 11.3 Å². The van der Waals surface area contributed by atoms with Crippen molar-refractivity contribution in [2.24, 2.45) is 5.73 Å². The molecule has 0 aliphatic heterocycles. The Morgan fingerprint density at radius 2 is 2.50 bits per heavy atom. The van der Waals surface area contributed by atoms with Gasteiger partial charge in [-0.15, -0.1) is 5.10 Å². The maximum atomic E-state index is 11.8. The van der Waals surface area contributed by atoms with E-state index >= 15 is 0 Å². The molecular formula is C11H15N5OS. The third kappa shape index (κ3) is 3.14. The van der Waals surface area contributed by atoms with Crippen molar-refractivity contribution in [3.05, 3.63) is 34.3 Å². The van der Waals surface area contributed by atoms with Gasteiger partial charge in [0.25, 0.3) is 0 Å². The minimum absolute atomic E-state index is 0.00116. The van der Waals surface area contributed by atoms with E-state index in [1.807, 2.05) is 23.8 Å². The van der Waals surface area contributed by atoms with E-state index in [-0.39, 0.29) is 18.5 Å². The molecule has 6 nitrogen and oxygen atoms in total. The van der Waals surface area contributed by atoms with Crippen molar-refractivity contribution in [3.63, 3.8) is 0 Å². The summed E-state index contributed by atoms with van der Waals surface area (Å²) in [6.45, 7) is 2.43. The molecule has 18 heavy (non-hydrogen) atoms. The minimum atomic E-state index is -0.0952. The van der Waals surface area contributed by atoms with Crippen LogP contribution in [0, 0.1) is 0 Å². The fraction of sp³-hybridized carbons (Fsp3) is 0.364. The fourth-order valence-corrected chi connectivity index (χ4v) is 2.30. The molecule has 7 heteroatoms. The number of thiophene rings is 1. The van der Waals surface area contributed by atoms with Crippen LogP contribution in [0.25, 0.3) is 0 Å².